The third-order valence-corrected chi connectivity index (χ3v) is 3.86. The summed E-state index contributed by atoms with van der Waals surface area (Å²) in [5.74, 6) is 1.87. The van der Waals surface area contributed by atoms with E-state index in [1.54, 1.807) is 13.2 Å². The van der Waals surface area contributed by atoms with Crippen molar-refractivity contribution in [3.63, 3.8) is 0 Å². The first-order chi connectivity index (χ1) is 10.4. The van der Waals surface area contributed by atoms with E-state index in [1.807, 2.05) is 0 Å². The molecule has 0 radical (unpaired) electrons. The van der Waals surface area contributed by atoms with Gasteiger partial charge in [0.2, 0.25) is 0 Å². The van der Waals surface area contributed by atoms with Crippen molar-refractivity contribution in [1.82, 2.24) is 0 Å². The van der Waals surface area contributed by atoms with Crippen LogP contribution in [0.25, 0.3) is 0 Å². The van der Waals surface area contributed by atoms with Gasteiger partial charge in [0.05, 0.1) is 6.26 Å². The predicted molar refractivity (Wildman–Crippen MR) is 93.2 cm³/mol. The molecular formula is C20H30O2. The molecule has 1 heterocycles. The zero-order chi connectivity index (χ0) is 16.5. The largest absolute Gasteiger partial charge is 0.469 e. The van der Waals surface area contributed by atoms with Gasteiger partial charge in [0.1, 0.15) is 11.5 Å². The van der Waals surface area contributed by atoms with Gasteiger partial charge in [0.15, 0.2) is 0 Å². The average Bonchev–Trinajstić information content (AvgIpc) is 2.86. The Morgan fingerprint density at radius 2 is 1.73 bits per heavy atom. The molecule has 0 saturated heterocycles. The normalized spacial score (nSPS) is 13.0. The highest BCUT2D eigenvalue weighted by atomic mass is 16.3. The summed E-state index contributed by atoms with van der Waals surface area (Å²) in [6, 6.07) is 2.08. The fourth-order valence-corrected chi connectivity index (χ4v) is 2.50. The van der Waals surface area contributed by atoms with Crippen LogP contribution in [0.3, 0.4) is 0 Å². The third kappa shape index (κ3) is 6.93. The SMILES string of the molecule is CC(=O)CCC=C(C)CCC=C(C)Cc1occc1C(C)C. The Balaban J connectivity index is 2.43. The van der Waals surface area contributed by atoms with Gasteiger partial charge < -0.3 is 9.21 Å². The fraction of sp³-hybridized carbons (Fsp3) is 0.550. The van der Waals surface area contributed by atoms with E-state index >= 15 is 0 Å². The summed E-state index contributed by atoms with van der Waals surface area (Å²) in [6.07, 6.45) is 10.8. The van der Waals surface area contributed by atoms with Gasteiger partial charge in [-0.25, -0.2) is 0 Å². The molecule has 1 aromatic rings. The van der Waals surface area contributed by atoms with Crippen LogP contribution in [0.4, 0.5) is 0 Å². The Hall–Kier alpha value is -1.57. The second-order valence-corrected chi connectivity index (χ2v) is 6.51. The topological polar surface area (TPSA) is 30.2 Å². The van der Waals surface area contributed by atoms with Crippen LogP contribution < -0.4 is 0 Å². The first-order valence-corrected chi connectivity index (χ1v) is 8.27. The smallest absolute Gasteiger partial charge is 0.130 e. The lowest BCUT2D eigenvalue weighted by molar-refractivity contribution is -0.116. The molecule has 0 aliphatic carbocycles. The molecule has 0 fully saturated rings. The highest BCUT2D eigenvalue weighted by molar-refractivity contribution is 5.75. The molecule has 0 atom stereocenters. The molecule has 2 nitrogen and oxygen atoms in total. The Kier molecular flexibility index (Phi) is 7.94. The number of hydrogen-bond acceptors (Lipinski definition) is 2. The standard InChI is InChI=1S/C20H30O2/c1-15(2)19-12-13-22-20(19)14-17(4)10-6-8-16(3)9-7-11-18(5)21/h9-10,12-13,15H,6-8,11,14H2,1-5H3. The van der Waals surface area contributed by atoms with E-state index in [4.69, 9.17) is 4.42 Å². The van der Waals surface area contributed by atoms with Crippen LogP contribution in [0.1, 0.15) is 77.5 Å². The molecule has 0 aliphatic heterocycles. The highest BCUT2D eigenvalue weighted by Gasteiger charge is 2.09. The molecule has 0 bridgehead atoms. The minimum atomic E-state index is 0.263. The van der Waals surface area contributed by atoms with Crippen LogP contribution in [0.15, 0.2) is 40.0 Å². The third-order valence-electron chi connectivity index (χ3n) is 3.86. The molecule has 0 N–H and O–H groups in total. The molecular weight excluding hydrogens is 272 g/mol. The fourth-order valence-electron chi connectivity index (χ4n) is 2.50. The van der Waals surface area contributed by atoms with Gasteiger partial charge in [-0.15, -0.1) is 0 Å². The number of furan rings is 1. The zero-order valence-electron chi connectivity index (χ0n) is 14.7. The van der Waals surface area contributed by atoms with Crippen molar-refractivity contribution in [2.45, 2.75) is 72.6 Å². The molecule has 122 valence electrons. The second-order valence-electron chi connectivity index (χ2n) is 6.51. The molecule has 22 heavy (non-hydrogen) atoms. The summed E-state index contributed by atoms with van der Waals surface area (Å²) in [7, 11) is 0. The number of hydrogen-bond donors (Lipinski definition) is 0. The van der Waals surface area contributed by atoms with E-state index in [9.17, 15) is 4.79 Å². The van der Waals surface area contributed by atoms with Crippen LogP contribution >= 0.6 is 0 Å². The van der Waals surface area contributed by atoms with Crippen molar-refractivity contribution in [2.24, 2.45) is 0 Å². The van der Waals surface area contributed by atoms with Crippen molar-refractivity contribution >= 4 is 5.78 Å². The van der Waals surface area contributed by atoms with Crippen LogP contribution in [-0.4, -0.2) is 5.78 Å². The maximum Gasteiger partial charge on any atom is 0.130 e. The van der Waals surface area contributed by atoms with Gasteiger partial charge >= 0.3 is 0 Å². The lowest BCUT2D eigenvalue weighted by atomic mass is 10.00. The molecule has 1 rings (SSSR count). The molecule has 0 unspecified atom stereocenters. The number of ketones is 1. The van der Waals surface area contributed by atoms with Crippen LogP contribution in [-0.2, 0) is 11.2 Å². The van der Waals surface area contributed by atoms with Crippen LogP contribution in [0.5, 0.6) is 0 Å². The van der Waals surface area contributed by atoms with E-state index in [0.29, 0.717) is 12.3 Å². The van der Waals surface area contributed by atoms with Gasteiger partial charge in [0.25, 0.3) is 0 Å². The average molecular weight is 302 g/mol. The summed E-state index contributed by atoms with van der Waals surface area (Å²) in [6.45, 7) is 10.4. The Labute approximate surface area is 135 Å². The Morgan fingerprint density at radius 1 is 1.09 bits per heavy atom. The van der Waals surface area contributed by atoms with Gasteiger partial charge in [-0.3, -0.25) is 0 Å². The maximum atomic E-state index is 10.9. The number of carbonyl (C=O) groups is 1. The summed E-state index contributed by atoms with van der Waals surface area (Å²) in [5.41, 5.74) is 4.03. The molecule has 1 aromatic heterocycles. The zero-order valence-corrected chi connectivity index (χ0v) is 14.7. The van der Waals surface area contributed by atoms with Gasteiger partial charge in [0, 0.05) is 12.8 Å². The second kappa shape index (κ2) is 9.45. The van der Waals surface area contributed by atoms with Crippen molar-refractivity contribution < 1.29 is 9.21 Å². The molecule has 0 spiro atoms. The maximum absolute atomic E-state index is 10.9. The molecule has 0 saturated carbocycles. The first-order valence-electron chi connectivity index (χ1n) is 8.27. The van der Waals surface area contributed by atoms with Gasteiger partial charge in [-0.2, -0.15) is 0 Å². The molecule has 2 heteroatoms. The molecule has 0 aromatic carbocycles. The predicted octanol–water partition coefficient (Wildman–Crippen LogP) is 5.99. The monoisotopic (exact) mass is 302 g/mol. The number of Topliss-reactive ketones (excluding diaryl/α,β-unsaturated/α-hetero) is 1. The van der Waals surface area contributed by atoms with Crippen molar-refractivity contribution in [3.8, 4) is 0 Å². The Morgan fingerprint density at radius 3 is 2.36 bits per heavy atom. The number of carbonyl (C=O) groups excluding carboxylic acids is 1. The van der Waals surface area contributed by atoms with E-state index < -0.39 is 0 Å². The number of allylic oxidation sites excluding steroid dienone is 4. The first kappa shape index (κ1) is 18.5. The highest BCUT2D eigenvalue weighted by Crippen LogP contribution is 2.23. The van der Waals surface area contributed by atoms with Crippen molar-refractivity contribution in [2.75, 3.05) is 0 Å². The lowest BCUT2D eigenvalue weighted by Gasteiger charge is -2.06. The number of rotatable bonds is 9. The van der Waals surface area contributed by atoms with E-state index in [-0.39, 0.29) is 5.78 Å². The summed E-state index contributed by atoms with van der Waals surface area (Å²) < 4.78 is 5.62. The minimum absolute atomic E-state index is 0.263. The lowest BCUT2D eigenvalue weighted by Crippen LogP contribution is -1.93. The molecule has 0 aliphatic rings. The van der Waals surface area contributed by atoms with E-state index in [2.05, 4.69) is 45.9 Å². The summed E-state index contributed by atoms with van der Waals surface area (Å²) in [4.78, 5) is 10.9. The summed E-state index contributed by atoms with van der Waals surface area (Å²) >= 11 is 0. The summed E-state index contributed by atoms with van der Waals surface area (Å²) in [5, 5.41) is 0. The van der Waals surface area contributed by atoms with E-state index in [1.165, 1.54) is 16.7 Å². The quantitative estimate of drug-likeness (QED) is 0.525. The van der Waals surface area contributed by atoms with Crippen molar-refractivity contribution in [3.05, 3.63) is 47.0 Å². The Bertz CT molecular complexity index is 530. The van der Waals surface area contributed by atoms with Crippen molar-refractivity contribution in [1.29, 1.82) is 0 Å². The molecule has 0 amide bonds. The van der Waals surface area contributed by atoms with E-state index in [0.717, 1.165) is 31.4 Å². The van der Waals surface area contributed by atoms with Gasteiger partial charge in [-0.05, 0) is 57.6 Å². The van der Waals surface area contributed by atoms with Gasteiger partial charge in [-0.1, -0.05) is 37.1 Å². The van der Waals surface area contributed by atoms with Crippen LogP contribution in [0.2, 0.25) is 0 Å². The minimum Gasteiger partial charge on any atom is -0.469 e. The van der Waals surface area contributed by atoms with Crippen LogP contribution in [0, 0.1) is 0 Å².